The quantitative estimate of drug-likeness (QED) is 0.458. The van der Waals surface area contributed by atoms with E-state index in [9.17, 15) is 26.4 Å². The second-order valence-electron chi connectivity index (χ2n) is 7.53. The molecule has 0 radical (unpaired) electrons. The van der Waals surface area contributed by atoms with E-state index in [1.165, 1.54) is 4.90 Å². The molecule has 0 aliphatic carbocycles. The Morgan fingerprint density at radius 2 is 1.74 bits per heavy atom. The number of carbonyl (C=O) groups excluding carboxylic acids is 1. The third-order valence-electron chi connectivity index (χ3n) is 5.46. The fraction of sp³-hybridized carbons (Fsp3) is 0.350. The first-order valence-electron chi connectivity index (χ1n) is 9.26. The predicted molar refractivity (Wildman–Crippen MR) is 111 cm³/mol. The van der Waals surface area contributed by atoms with Gasteiger partial charge in [-0.2, -0.15) is 8.42 Å². The van der Waals surface area contributed by atoms with Crippen molar-refractivity contribution in [2.45, 2.75) is 24.7 Å². The lowest BCUT2D eigenvalue weighted by atomic mass is 9.76. The Kier molecular flexibility index (Phi) is 6.90. The first kappa shape index (κ1) is 23.8. The molecule has 1 fully saturated rings. The van der Waals surface area contributed by atoms with Gasteiger partial charge in [0.2, 0.25) is 0 Å². The van der Waals surface area contributed by atoms with Crippen LogP contribution in [0.2, 0.25) is 10.0 Å². The lowest BCUT2D eigenvalue weighted by Gasteiger charge is -2.30. The maximum absolute atomic E-state index is 13.6. The maximum Gasteiger partial charge on any atom is 0.264 e. The summed E-state index contributed by atoms with van der Waals surface area (Å²) in [6, 6.07) is 6.20. The van der Waals surface area contributed by atoms with Gasteiger partial charge in [0, 0.05) is 24.1 Å². The molecule has 1 saturated heterocycles. The molecule has 1 N–H and O–H groups in total. The number of hydrogen-bond acceptors (Lipinski definition) is 3. The number of halogens is 5. The first-order chi connectivity index (χ1) is 14.4. The molecule has 1 amide bonds. The van der Waals surface area contributed by atoms with Crippen LogP contribution in [0, 0.1) is 17.5 Å². The van der Waals surface area contributed by atoms with Gasteiger partial charge >= 0.3 is 0 Å². The van der Waals surface area contributed by atoms with Crippen molar-refractivity contribution in [3.63, 3.8) is 0 Å². The third-order valence-corrected chi connectivity index (χ3v) is 7.00. The van der Waals surface area contributed by atoms with E-state index < -0.39 is 44.6 Å². The van der Waals surface area contributed by atoms with Crippen LogP contribution in [0.15, 0.2) is 30.3 Å². The van der Waals surface area contributed by atoms with Crippen LogP contribution in [0.4, 0.5) is 13.2 Å². The van der Waals surface area contributed by atoms with Crippen LogP contribution in [-0.2, 0) is 15.5 Å². The Balaban J connectivity index is 1.90. The van der Waals surface area contributed by atoms with Gasteiger partial charge in [0.25, 0.3) is 16.0 Å². The predicted octanol–water partition coefficient (Wildman–Crippen LogP) is 4.86. The molecule has 1 aliphatic heterocycles. The Morgan fingerprint density at radius 3 is 2.32 bits per heavy atom. The van der Waals surface area contributed by atoms with Crippen LogP contribution < -0.4 is 0 Å². The summed E-state index contributed by atoms with van der Waals surface area (Å²) in [6.45, 7) is 0.321. The van der Waals surface area contributed by atoms with E-state index in [1.54, 1.807) is 18.2 Å². The minimum absolute atomic E-state index is 0.107. The zero-order valence-electron chi connectivity index (χ0n) is 16.0. The van der Waals surface area contributed by atoms with Crippen LogP contribution in [0.3, 0.4) is 0 Å². The molecule has 0 spiro atoms. The lowest BCUT2D eigenvalue weighted by molar-refractivity contribution is 0.0781. The van der Waals surface area contributed by atoms with Gasteiger partial charge in [0.05, 0.1) is 15.8 Å². The lowest BCUT2D eigenvalue weighted by Crippen LogP contribution is -2.35. The average molecular weight is 496 g/mol. The number of amides is 1. The zero-order chi connectivity index (χ0) is 23.0. The van der Waals surface area contributed by atoms with Crippen molar-refractivity contribution in [3.05, 3.63) is 69.0 Å². The molecule has 0 aromatic heterocycles. The SMILES string of the molecule is O=C(c1cc(F)c(F)c(F)c1)N1CCC(CCCS(=O)(=O)O)(c2ccc(Cl)c(Cl)c2)C1. The second kappa shape index (κ2) is 8.97. The molecule has 1 unspecified atom stereocenters. The van der Waals surface area contributed by atoms with Gasteiger partial charge in [-0.05, 0) is 49.1 Å². The van der Waals surface area contributed by atoms with Crippen LogP contribution in [-0.4, -0.2) is 42.6 Å². The number of likely N-dealkylation sites (tertiary alicyclic amines) is 1. The molecule has 2 aromatic carbocycles. The smallest absolute Gasteiger partial charge is 0.264 e. The molecule has 31 heavy (non-hydrogen) atoms. The Hall–Kier alpha value is -1.81. The van der Waals surface area contributed by atoms with Gasteiger partial charge in [0.1, 0.15) is 0 Å². The van der Waals surface area contributed by atoms with Crippen molar-refractivity contribution in [1.29, 1.82) is 0 Å². The second-order valence-corrected chi connectivity index (χ2v) is 9.92. The monoisotopic (exact) mass is 495 g/mol. The number of benzene rings is 2. The van der Waals surface area contributed by atoms with Crippen LogP contribution in [0.1, 0.15) is 35.2 Å². The topological polar surface area (TPSA) is 74.7 Å². The average Bonchev–Trinajstić information content (AvgIpc) is 3.11. The highest BCUT2D eigenvalue weighted by atomic mass is 35.5. The Morgan fingerprint density at radius 1 is 1.10 bits per heavy atom. The summed E-state index contributed by atoms with van der Waals surface area (Å²) in [4.78, 5) is 14.2. The fourth-order valence-electron chi connectivity index (χ4n) is 3.91. The van der Waals surface area contributed by atoms with Crippen molar-refractivity contribution in [1.82, 2.24) is 4.90 Å². The normalized spacial score (nSPS) is 19.1. The molecule has 5 nitrogen and oxygen atoms in total. The highest BCUT2D eigenvalue weighted by Crippen LogP contribution is 2.41. The fourth-order valence-corrected chi connectivity index (χ4v) is 4.72. The molecule has 3 rings (SSSR count). The standard InChI is InChI=1S/C20H18Cl2F3NO4S/c21-14-3-2-13(10-15(14)22)20(4-1-7-31(28,29)30)5-6-26(11-20)19(27)12-8-16(23)18(25)17(24)9-12/h2-3,8-10H,1,4-7,11H2,(H,28,29,30). The Bertz CT molecular complexity index is 1110. The van der Waals surface area contributed by atoms with E-state index in [0.29, 0.717) is 35.6 Å². The minimum atomic E-state index is -4.17. The van der Waals surface area contributed by atoms with Crippen molar-refractivity contribution in [2.75, 3.05) is 18.8 Å². The number of carbonyl (C=O) groups is 1. The first-order valence-corrected chi connectivity index (χ1v) is 11.6. The van der Waals surface area contributed by atoms with Gasteiger partial charge in [-0.1, -0.05) is 29.3 Å². The molecule has 168 valence electrons. The number of nitrogens with zero attached hydrogens (tertiary/aromatic N) is 1. The summed E-state index contributed by atoms with van der Waals surface area (Å²) in [5.74, 6) is -5.74. The van der Waals surface area contributed by atoms with E-state index in [4.69, 9.17) is 27.8 Å². The molecule has 11 heteroatoms. The van der Waals surface area contributed by atoms with E-state index >= 15 is 0 Å². The van der Waals surface area contributed by atoms with Gasteiger partial charge in [0.15, 0.2) is 17.5 Å². The molecular weight excluding hydrogens is 478 g/mol. The van der Waals surface area contributed by atoms with E-state index in [1.807, 2.05) is 0 Å². The highest BCUT2D eigenvalue weighted by Gasteiger charge is 2.41. The largest absolute Gasteiger partial charge is 0.338 e. The van der Waals surface area contributed by atoms with Crippen molar-refractivity contribution in [3.8, 4) is 0 Å². The molecular formula is C20H18Cl2F3NO4S. The number of rotatable bonds is 6. The van der Waals surface area contributed by atoms with Gasteiger partial charge < -0.3 is 4.90 Å². The highest BCUT2D eigenvalue weighted by molar-refractivity contribution is 7.85. The Labute approximate surface area is 187 Å². The van der Waals surface area contributed by atoms with Crippen LogP contribution >= 0.6 is 23.2 Å². The maximum atomic E-state index is 13.6. The van der Waals surface area contributed by atoms with Gasteiger partial charge in [-0.3, -0.25) is 9.35 Å². The van der Waals surface area contributed by atoms with Crippen molar-refractivity contribution >= 4 is 39.2 Å². The van der Waals surface area contributed by atoms with Gasteiger partial charge in [-0.25, -0.2) is 13.2 Å². The third kappa shape index (κ3) is 5.34. The van der Waals surface area contributed by atoms with E-state index in [0.717, 1.165) is 0 Å². The van der Waals surface area contributed by atoms with Crippen LogP contribution in [0.25, 0.3) is 0 Å². The van der Waals surface area contributed by atoms with Gasteiger partial charge in [-0.15, -0.1) is 0 Å². The molecule has 1 atom stereocenters. The zero-order valence-corrected chi connectivity index (χ0v) is 18.4. The molecule has 2 aromatic rings. The molecule has 1 heterocycles. The molecule has 0 bridgehead atoms. The summed E-state index contributed by atoms with van der Waals surface area (Å²) in [5.41, 5.74) is -0.339. The molecule has 0 saturated carbocycles. The summed E-state index contributed by atoms with van der Waals surface area (Å²) >= 11 is 12.1. The van der Waals surface area contributed by atoms with Crippen molar-refractivity contribution in [2.24, 2.45) is 0 Å². The van der Waals surface area contributed by atoms with Crippen molar-refractivity contribution < 1.29 is 30.9 Å². The summed E-state index contributed by atoms with van der Waals surface area (Å²) in [5, 5.41) is 0.600. The van der Waals surface area contributed by atoms with Crippen LogP contribution in [0.5, 0.6) is 0 Å². The van der Waals surface area contributed by atoms with E-state index in [2.05, 4.69) is 0 Å². The van der Waals surface area contributed by atoms with E-state index in [-0.39, 0.29) is 30.1 Å². The molecule has 1 aliphatic rings. The summed E-state index contributed by atoms with van der Waals surface area (Å²) < 4.78 is 71.7. The summed E-state index contributed by atoms with van der Waals surface area (Å²) in [6.07, 6.45) is 0.815. The summed E-state index contributed by atoms with van der Waals surface area (Å²) in [7, 11) is -4.17. The minimum Gasteiger partial charge on any atom is -0.338 e. The number of hydrogen-bond donors (Lipinski definition) is 1.